The highest BCUT2D eigenvalue weighted by Gasteiger charge is 2.22. The number of aliphatic hydroxyl groups is 1. The average molecular weight is 268 g/mol. The molecule has 1 aliphatic heterocycles. The van der Waals surface area contributed by atoms with E-state index < -0.39 is 0 Å². The molecule has 1 unspecified atom stereocenters. The van der Waals surface area contributed by atoms with E-state index in [0.29, 0.717) is 10.8 Å². The summed E-state index contributed by atoms with van der Waals surface area (Å²) in [5.41, 5.74) is 1.07. The number of anilines is 1. The third kappa shape index (κ3) is 2.72. The van der Waals surface area contributed by atoms with Crippen molar-refractivity contribution in [1.82, 2.24) is 0 Å². The summed E-state index contributed by atoms with van der Waals surface area (Å²) in [6.45, 7) is 5.41. The molecule has 0 saturated carbocycles. The Hall–Kier alpha value is -1.35. The van der Waals surface area contributed by atoms with Gasteiger partial charge in [0, 0.05) is 30.8 Å². The van der Waals surface area contributed by atoms with Crippen molar-refractivity contribution in [2.75, 3.05) is 25.1 Å². The van der Waals surface area contributed by atoms with Crippen LogP contribution in [-0.4, -0.2) is 25.3 Å². The molecule has 0 amide bonds. The molecule has 0 bridgehead atoms. The van der Waals surface area contributed by atoms with Gasteiger partial charge in [0.15, 0.2) is 0 Å². The van der Waals surface area contributed by atoms with Crippen molar-refractivity contribution in [1.29, 1.82) is 0 Å². The molecule has 1 N–H and O–H groups in total. The second kappa shape index (κ2) is 5.53. The Kier molecular flexibility index (Phi) is 4.02. The zero-order valence-electron chi connectivity index (χ0n) is 10.5. The lowest BCUT2D eigenvalue weighted by Gasteiger charge is -2.34. The van der Waals surface area contributed by atoms with E-state index in [-0.39, 0.29) is 11.7 Å². The fraction of sp³-hybridized carbons (Fsp3) is 0.429. The molecule has 98 valence electrons. The summed E-state index contributed by atoms with van der Waals surface area (Å²) in [7, 11) is 1.61. The highest BCUT2D eigenvalue weighted by Crippen LogP contribution is 2.32. The summed E-state index contributed by atoms with van der Waals surface area (Å²) >= 11 is 6.02. The molecule has 1 aromatic rings. The number of ether oxygens (including phenoxy) is 1. The number of piperidine rings is 1. The third-order valence-corrected chi connectivity index (χ3v) is 3.70. The minimum absolute atomic E-state index is 0.153. The van der Waals surface area contributed by atoms with Crippen molar-refractivity contribution in [2.45, 2.75) is 12.8 Å². The van der Waals surface area contributed by atoms with Crippen molar-refractivity contribution in [3.05, 3.63) is 35.6 Å². The van der Waals surface area contributed by atoms with Gasteiger partial charge in [-0.15, -0.1) is 0 Å². The predicted octanol–water partition coefficient (Wildman–Crippen LogP) is 3.64. The Bertz CT molecular complexity index is 447. The summed E-state index contributed by atoms with van der Waals surface area (Å²) in [6.07, 6.45) is 2.05. The second-order valence-electron chi connectivity index (χ2n) is 4.60. The van der Waals surface area contributed by atoms with Crippen LogP contribution in [0.5, 0.6) is 5.75 Å². The smallest absolute Gasteiger partial charge is 0.139 e. The van der Waals surface area contributed by atoms with Crippen LogP contribution < -0.4 is 9.64 Å². The lowest BCUT2D eigenvalue weighted by atomic mass is 9.96. The molecule has 2 rings (SSSR count). The summed E-state index contributed by atoms with van der Waals surface area (Å²) < 4.78 is 5.23. The van der Waals surface area contributed by atoms with Crippen LogP contribution in [0.15, 0.2) is 30.5 Å². The zero-order valence-corrected chi connectivity index (χ0v) is 11.3. The fourth-order valence-corrected chi connectivity index (χ4v) is 2.52. The van der Waals surface area contributed by atoms with Crippen LogP contribution in [0, 0.1) is 5.92 Å². The monoisotopic (exact) mass is 267 g/mol. The topological polar surface area (TPSA) is 32.7 Å². The molecule has 0 spiro atoms. The van der Waals surface area contributed by atoms with E-state index in [9.17, 15) is 5.11 Å². The number of aliphatic hydroxyl groups excluding tert-OH is 1. The lowest BCUT2D eigenvalue weighted by molar-refractivity contribution is 0.303. The Balaban J connectivity index is 2.18. The Morgan fingerprint density at radius 1 is 1.56 bits per heavy atom. The maximum absolute atomic E-state index is 9.52. The van der Waals surface area contributed by atoms with E-state index >= 15 is 0 Å². The van der Waals surface area contributed by atoms with Crippen LogP contribution in [0.1, 0.15) is 12.8 Å². The number of hydrogen-bond donors (Lipinski definition) is 1. The normalized spacial score (nSPS) is 19.7. The van der Waals surface area contributed by atoms with E-state index in [0.717, 1.165) is 31.6 Å². The minimum Gasteiger partial charge on any atom is -0.513 e. The van der Waals surface area contributed by atoms with Gasteiger partial charge >= 0.3 is 0 Å². The first-order valence-corrected chi connectivity index (χ1v) is 6.46. The van der Waals surface area contributed by atoms with E-state index in [1.807, 2.05) is 18.2 Å². The molecule has 0 aliphatic carbocycles. The van der Waals surface area contributed by atoms with Gasteiger partial charge in [-0.1, -0.05) is 18.2 Å². The molecule has 0 radical (unpaired) electrons. The number of hydrogen-bond acceptors (Lipinski definition) is 3. The first kappa shape index (κ1) is 13.1. The predicted molar refractivity (Wildman–Crippen MR) is 74.7 cm³/mol. The fourth-order valence-electron chi connectivity index (χ4n) is 2.33. The van der Waals surface area contributed by atoms with E-state index in [1.165, 1.54) is 0 Å². The number of nitrogens with zero attached hydrogens (tertiary/aromatic N) is 1. The molecule has 1 saturated heterocycles. The second-order valence-corrected chi connectivity index (χ2v) is 5.00. The van der Waals surface area contributed by atoms with Crippen molar-refractivity contribution >= 4 is 17.3 Å². The largest absolute Gasteiger partial charge is 0.513 e. The van der Waals surface area contributed by atoms with Crippen LogP contribution in [0.25, 0.3) is 0 Å². The van der Waals surface area contributed by atoms with Crippen LogP contribution in [0.3, 0.4) is 0 Å². The van der Waals surface area contributed by atoms with Gasteiger partial charge in [0.05, 0.1) is 17.9 Å². The molecular weight excluding hydrogens is 250 g/mol. The standard InChI is InChI=1S/C14H18ClNO2/c1-10(17)11-4-3-7-16(9-11)12-5-6-13(15)14(8-12)18-2/h5-6,8,11,17H,1,3-4,7,9H2,2H3. The first-order chi connectivity index (χ1) is 8.61. The van der Waals surface area contributed by atoms with Gasteiger partial charge in [-0.3, -0.25) is 0 Å². The highest BCUT2D eigenvalue weighted by molar-refractivity contribution is 6.32. The van der Waals surface area contributed by atoms with Crippen molar-refractivity contribution in [2.24, 2.45) is 5.92 Å². The van der Waals surface area contributed by atoms with Gasteiger partial charge in [-0.25, -0.2) is 0 Å². The van der Waals surface area contributed by atoms with Gasteiger partial charge in [0.1, 0.15) is 5.75 Å². The number of benzene rings is 1. The van der Waals surface area contributed by atoms with E-state index in [1.54, 1.807) is 7.11 Å². The molecule has 3 nitrogen and oxygen atoms in total. The van der Waals surface area contributed by atoms with Crippen molar-refractivity contribution in [3.8, 4) is 5.75 Å². The molecule has 1 atom stereocenters. The molecular formula is C14H18ClNO2. The van der Waals surface area contributed by atoms with Gasteiger partial charge in [0.25, 0.3) is 0 Å². The third-order valence-electron chi connectivity index (χ3n) is 3.39. The van der Waals surface area contributed by atoms with Crippen LogP contribution >= 0.6 is 11.6 Å². The van der Waals surface area contributed by atoms with Gasteiger partial charge < -0.3 is 14.7 Å². The molecule has 4 heteroatoms. The summed E-state index contributed by atoms with van der Waals surface area (Å²) in [4.78, 5) is 2.23. The maximum atomic E-state index is 9.52. The number of methoxy groups -OCH3 is 1. The van der Waals surface area contributed by atoms with Crippen LogP contribution in [-0.2, 0) is 0 Å². The van der Waals surface area contributed by atoms with Gasteiger partial charge in [-0.05, 0) is 25.0 Å². The van der Waals surface area contributed by atoms with E-state index in [2.05, 4.69) is 11.5 Å². The zero-order chi connectivity index (χ0) is 13.1. The van der Waals surface area contributed by atoms with Crippen LogP contribution in [0.2, 0.25) is 5.02 Å². The molecule has 1 aliphatic rings. The van der Waals surface area contributed by atoms with Crippen molar-refractivity contribution < 1.29 is 9.84 Å². The summed E-state index contributed by atoms with van der Waals surface area (Å²) in [6, 6.07) is 5.76. The van der Waals surface area contributed by atoms with Gasteiger partial charge in [-0.2, -0.15) is 0 Å². The van der Waals surface area contributed by atoms with E-state index in [4.69, 9.17) is 16.3 Å². The average Bonchev–Trinajstić information content (AvgIpc) is 2.39. The summed E-state index contributed by atoms with van der Waals surface area (Å²) in [5.74, 6) is 1.11. The van der Waals surface area contributed by atoms with Gasteiger partial charge in [0.2, 0.25) is 0 Å². The lowest BCUT2D eigenvalue weighted by Crippen LogP contribution is -2.36. The van der Waals surface area contributed by atoms with Crippen LogP contribution in [0.4, 0.5) is 5.69 Å². The Morgan fingerprint density at radius 2 is 2.33 bits per heavy atom. The molecule has 18 heavy (non-hydrogen) atoms. The number of halogens is 1. The summed E-state index contributed by atoms with van der Waals surface area (Å²) in [5, 5.41) is 10.1. The molecule has 1 fully saturated rings. The first-order valence-electron chi connectivity index (χ1n) is 6.08. The van der Waals surface area contributed by atoms with Crippen molar-refractivity contribution in [3.63, 3.8) is 0 Å². The highest BCUT2D eigenvalue weighted by atomic mass is 35.5. The number of rotatable bonds is 3. The Labute approximate surface area is 113 Å². The molecule has 0 aromatic heterocycles. The maximum Gasteiger partial charge on any atom is 0.139 e. The minimum atomic E-state index is 0.153. The quantitative estimate of drug-likeness (QED) is 0.849. The SMILES string of the molecule is C=C(O)C1CCCN(c2ccc(Cl)c(OC)c2)C1. The molecule has 1 heterocycles. The molecule has 1 aromatic carbocycles. The Morgan fingerprint density at radius 3 is 3.00 bits per heavy atom.